The molecule has 1 aliphatic rings. The van der Waals surface area contributed by atoms with E-state index in [0.29, 0.717) is 24.6 Å². The molecule has 2 amide bonds. The van der Waals surface area contributed by atoms with Crippen molar-refractivity contribution >= 4 is 12.0 Å². The van der Waals surface area contributed by atoms with Crippen molar-refractivity contribution in [2.75, 3.05) is 19.9 Å². The zero-order chi connectivity index (χ0) is 14.5. The van der Waals surface area contributed by atoms with E-state index >= 15 is 0 Å². The zero-order valence-corrected chi connectivity index (χ0v) is 11.1. The Bertz CT molecular complexity index is 517. The van der Waals surface area contributed by atoms with E-state index in [2.05, 4.69) is 5.32 Å². The number of hydrogen-bond donors (Lipinski definition) is 2. The predicted molar refractivity (Wildman–Crippen MR) is 69.7 cm³/mol. The first-order valence-electron chi connectivity index (χ1n) is 6.23. The lowest BCUT2D eigenvalue weighted by atomic mass is 10.2. The van der Waals surface area contributed by atoms with Gasteiger partial charge < -0.3 is 24.8 Å². The summed E-state index contributed by atoms with van der Waals surface area (Å²) in [6, 6.07) is 4.98. The van der Waals surface area contributed by atoms with E-state index in [9.17, 15) is 9.59 Å². The third kappa shape index (κ3) is 3.31. The summed E-state index contributed by atoms with van der Waals surface area (Å²) in [6.45, 7) is 2.24. The fourth-order valence-corrected chi connectivity index (χ4v) is 1.83. The lowest BCUT2D eigenvalue weighted by molar-refractivity contribution is -0.137. The van der Waals surface area contributed by atoms with Gasteiger partial charge in [-0.05, 0) is 24.6 Å². The molecule has 7 nitrogen and oxygen atoms in total. The van der Waals surface area contributed by atoms with Crippen molar-refractivity contribution < 1.29 is 24.2 Å². The SMILES string of the molecule is CCN(CC(=O)O)C(=O)NCc1ccc2c(c1)OCO2. The number of amides is 2. The van der Waals surface area contributed by atoms with Crippen LogP contribution >= 0.6 is 0 Å². The van der Waals surface area contributed by atoms with Crippen molar-refractivity contribution in [3.8, 4) is 11.5 Å². The summed E-state index contributed by atoms with van der Waals surface area (Å²) < 4.78 is 10.4. The van der Waals surface area contributed by atoms with Gasteiger partial charge in [-0.2, -0.15) is 0 Å². The van der Waals surface area contributed by atoms with E-state index < -0.39 is 12.0 Å². The Kier molecular flexibility index (Phi) is 4.29. The van der Waals surface area contributed by atoms with Gasteiger partial charge in [0.1, 0.15) is 6.54 Å². The molecule has 0 unspecified atom stereocenters. The van der Waals surface area contributed by atoms with Gasteiger partial charge in [-0.1, -0.05) is 6.07 Å². The Balaban J connectivity index is 1.91. The maximum Gasteiger partial charge on any atom is 0.323 e. The van der Waals surface area contributed by atoms with Crippen molar-refractivity contribution in [3.63, 3.8) is 0 Å². The minimum Gasteiger partial charge on any atom is -0.480 e. The van der Waals surface area contributed by atoms with Crippen LogP contribution in [0.1, 0.15) is 12.5 Å². The number of urea groups is 1. The van der Waals surface area contributed by atoms with Crippen LogP contribution in [-0.2, 0) is 11.3 Å². The van der Waals surface area contributed by atoms with E-state index in [4.69, 9.17) is 14.6 Å². The second kappa shape index (κ2) is 6.14. The number of fused-ring (bicyclic) bond motifs is 1. The average molecular weight is 280 g/mol. The molecule has 0 aliphatic carbocycles. The number of nitrogens with zero attached hydrogens (tertiary/aromatic N) is 1. The van der Waals surface area contributed by atoms with Gasteiger partial charge in [0.15, 0.2) is 11.5 Å². The molecule has 0 bridgehead atoms. The van der Waals surface area contributed by atoms with Crippen LogP contribution in [0.3, 0.4) is 0 Å². The quantitative estimate of drug-likeness (QED) is 0.841. The Morgan fingerprint density at radius 2 is 2.10 bits per heavy atom. The molecule has 0 fully saturated rings. The van der Waals surface area contributed by atoms with Crippen LogP contribution in [0.25, 0.3) is 0 Å². The minimum absolute atomic E-state index is 0.202. The molecule has 0 aromatic heterocycles. The van der Waals surface area contributed by atoms with Crippen molar-refractivity contribution in [2.24, 2.45) is 0 Å². The average Bonchev–Trinajstić information content (AvgIpc) is 2.89. The fraction of sp³-hybridized carbons (Fsp3) is 0.385. The number of carboxylic acid groups (broad SMARTS) is 1. The van der Waals surface area contributed by atoms with Gasteiger partial charge in [0.25, 0.3) is 0 Å². The monoisotopic (exact) mass is 280 g/mol. The summed E-state index contributed by atoms with van der Waals surface area (Å²) in [5.74, 6) is 0.292. The van der Waals surface area contributed by atoms with Gasteiger partial charge >= 0.3 is 12.0 Å². The number of ether oxygens (including phenoxy) is 2. The second-order valence-corrected chi connectivity index (χ2v) is 4.25. The number of rotatable bonds is 5. The molecule has 0 saturated carbocycles. The highest BCUT2D eigenvalue weighted by Gasteiger charge is 2.16. The van der Waals surface area contributed by atoms with Crippen LogP contribution < -0.4 is 14.8 Å². The topological polar surface area (TPSA) is 88.1 Å². The van der Waals surface area contributed by atoms with Crippen LogP contribution in [0, 0.1) is 0 Å². The van der Waals surface area contributed by atoms with E-state index in [1.807, 2.05) is 6.07 Å². The highest BCUT2D eigenvalue weighted by Crippen LogP contribution is 2.32. The third-order valence-corrected chi connectivity index (χ3v) is 2.88. The van der Waals surface area contributed by atoms with Gasteiger partial charge in [-0.25, -0.2) is 4.79 Å². The first kappa shape index (κ1) is 14.0. The van der Waals surface area contributed by atoms with Crippen LogP contribution in [-0.4, -0.2) is 41.9 Å². The maximum atomic E-state index is 11.8. The lowest BCUT2D eigenvalue weighted by Crippen LogP contribution is -2.42. The largest absolute Gasteiger partial charge is 0.480 e. The summed E-state index contributed by atoms with van der Waals surface area (Å²) in [4.78, 5) is 23.7. The number of nitrogens with one attached hydrogen (secondary N) is 1. The summed E-state index contributed by atoms with van der Waals surface area (Å²) >= 11 is 0. The molecular formula is C13H16N2O5. The summed E-state index contributed by atoms with van der Waals surface area (Å²) in [7, 11) is 0. The number of likely N-dealkylation sites (N-methyl/N-ethyl adjacent to an activating group) is 1. The molecule has 1 heterocycles. The number of benzene rings is 1. The van der Waals surface area contributed by atoms with E-state index in [-0.39, 0.29) is 13.3 Å². The predicted octanol–water partition coefficient (Wildman–Crippen LogP) is 1.03. The second-order valence-electron chi connectivity index (χ2n) is 4.25. The smallest absolute Gasteiger partial charge is 0.323 e. The molecule has 108 valence electrons. The molecule has 20 heavy (non-hydrogen) atoms. The number of carbonyl (C=O) groups excluding carboxylic acids is 1. The Morgan fingerprint density at radius 3 is 2.80 bits per heavy atom. The number of carbonyl (C=O) groups is 2. The van der Waals surface area contributed by atoms with E-state index in [1.165, 1.54) is 4.90 Å². The fourth-order valence-electron chi connectivity index (χ4n) is 1.83. The van der Waals surface area contributed by atoms with Gasteiger partial charge in [-0.15, -0.1) is 0 Å². The van der Waals surface area contributed by atoms with Crippen LogP contribution in [0.2, 0.25) is 0 Å². The van der Waals surface area contributed by atoms with Crippen LogP contribution in [0.5, 0.6) is 11.5 Å². The highest BCUT2D eigenvalue weighted by molar-refractivity contribution is 5.80. The summed E-state index contributed by atoms with van der Waals surface area (Å²) in [6.07, 6.45) is 0. The molecule has 1 aliphatic heterocycles. The first-order valence-corrected chi connectivity index (χ1v) is 6.23. The standard InChI is InChI=1S/C13H16N2O5/c1-2-15(7-12(16)17)13(18)14-6-9-3-4-10-11(5-9)20-8-19-10/h3-5H,2,6-8H2,1H3,(H,14,18)(H,16,17). The van der Waals surface area contributed by atoms with Crippen molar-refractivity contribution in [3.05, 3.63) is 23.8 Å². The van der Waals surface area contributed by atoms with Crippen molar-refractivity contribution in [1.82, 2.24) is 10.2 Å². The number of hydrogen-bond acceptors (Lipinski definition) is 4. The van der Waals surface area contributed by atoms with Crippen LogP contribution in [0.4, 0.5) is 4.79 Å². The molecule has 2 N–H and O–H groups in total. The first-order chi connectivity index (χ1) is 9.60. The molecular weight excluding hydrogens is 264 g/mol. The molecule has 0 atom stereocenters. The normalized spacial score (nSPS) is 12.1. The van der Waals surface area contributed by atoms with E-state index in [0.717, 1.165) is 5.56 Å². The Hall–Kier alpha value is -2.44. The Labute approximate surface area is 116 Å². The summed E-state index contributed by atoms with van der Waals surface area (Å²) in [5, 5.41) is 11.4. The van der Waals surface area contributed by atoms with Gasteiger partial charge in [0, 0.05) is 13.1 Å². The lowest BCUT2D eigenvalue weighted by Gasteiger charge is -2.19. The van der Waals surface area contributed by atoms with Gasteiger partial charge in [-0.3, -0.25) is 4.79 Å². The molecule has 2 rings (SSSR count). The maximum absolute atomic E-state index is 11.8. The summed E-state index contributed by atoms with van der Waals surface area (Å²) in [5.41, 5.74) is 0.856. The zero-order valence-electron chi connectivity index (χ0n) is 11.1. The minimum atomic E-state index is -1.04. The Morgan fingerprint density at radius 1 is 1.35 bits per heavy atom. The van der Waals surface area contributed by atoms with Gasteiger partial charge in [0.05, 0.1) is 0 Å². The van der Waals surface area contributed by atoms with E-state index in [1.54, 1.807) is 19.1 Å². The highest BCUT2D eigenvalue weighted by atomic mass is 16.7. The molecule has 0 saturated heterocycles. The van der Waals surface area contributed by atoms with Gasteiger partial charge in [0.2, 0.25) is 6.79 Å². The number of aliphatic carboxylic acids is 1. The number of carboxylic acids is 1. The molecule has 7 heteroatoms. The van der Waals surface area contributed by atoms with Crippen molar-refractivity contribution in [2.45, 2.75) is 13.5 Å². The third-order valence-electron chi connectivity index (χ3n) is 2.88. The molecule has 1 aromatic carbocycles. The molecule has 1 aromatic rings. The van der Waals surface area contributed by atoms with Crippen molar-refractivity contribution in [1.29, 1.82) is 0 Å². The molecule has 0 radical (unpaired) electrons. The molecule has 0 spiro atoms. The van der Waals surface area contributed by atoms with Crippen LogP contribution in [0.15, 0.2) is 18.2 Å².